The Morgan fingerprint density at radius 3 is 3.06 bits per heavy atom. The van der Waals surface area contributed by atoms with Crippen molar-refractivity contribution in [2.75, 3.05) is 6.54 Å². The molecule has 0 radical (unpaired) electrons. The van der Waals surface area contributed by atoms with Gasteiger partial charge in [-0.3, -0.25) is 4.79 Å². The number of amides is 1. The van der Waals surface area contributed by atoms with Gasteiger partial charge in [0.05, 0.1) is 17.9 Å². The van der Waals surface area contributed by atoms with Crippen LogP contribution in [0.15, 0.2) is 33.6 Å². The third-order valence-electron chi connectivity index (χ3n) is 3.53. The molecule has 1 saturated heterocycles. The van der Waals surface area contributed by atoms with Crippen LogP contribution in [0.4, 0.5) is 0 Å². The molecule has 1 aliphatic rings. The first-order valence-electron chi connectivity index (χ1n) is 6.14. The van der Waals surface area contributed by atoms with Crippen LogP contribution in [0.5, 0.6) is 0 Å². The molecule has 94 valence electrons. The highest BCUT2D eigenvalue weighted by Gasteiger charge is 2.31. The monoisotopic (exact) mass is 261 g/mol. The molecule has 1 fully saturated rings. The van der Waals surface area contributed by atoms with Gasteiger partial charge in [-0.25, -0.2) is 0 Å². The van der Waals surface area contributed by atoms with Crippen LogP contribution in [0.3, 0.4) is 0 Å². The molecule has 0 aromatic carbocycles. The smallest absolute Gasteiger partial charge is 0.257 e. The summed E-state index contributed by atoms with van der Waals surface area (Å²) in [5.41, 5.74) is 1.95. The maximum absolute atomic E-state index is 12.5. The van der Waals surface area contributed by atoms with Crippen LogP contribution in [0.2, 0.25) is 0 Å². The minimum atomic E-state index is 0.0925. The van der Waals surface area contributed by atoms with Gasteiger partial charge in [-0.05, 0) is 48.2 Å². The Bertz CT molecular complexity index is 544. The fraction of sp³-hybridized carbons (Fsp3) is 0.357. The Morgan fingerprint density at radius 1 is 1.50 bits per heavy atom. The van der Waals surface area contributed by atoms with E-state index in [0.29, 0.717) is 11.3 Å². The molecule has 0 aliphatic carbocycles. The van der Waals surface area contributed by atoms with Crippen molar-refractivity contribution in [3.05, 3.63) is 46.0 Å². The zero-order valence-corrected chi connectivity index (χ0v) is 11.1. The second-order valence-corrected chi connectivity index (χ2v) is 5.38. The normalized spacial score (nSPS) is 19.4. The van der Waals surface area contributed by atoms with Gasteiger partial charge in [0.1, 0.15) is 5.76 Å². The van der Waals surface area contributed by atoms with E-state index >= 15 is 0 Å². The molecule has 0 N–H and O–H groups in total. The molecule has 0 unspecified atom stereocenters. The predicted molar refractivity (Wildman–Crippen MR) is 70.8 cm³/mol. The summed E-state index contributed by atoms with van der Waals surface area (Å²) in [6.07, 6.45) is 3.71. The molecule has 4 heteroatoms. The summed E-state index contributed by atoms with van der Waals surface area (Å²) in [5, 5.41) is 4.21. The number of carbonyl (C=O) groups excluding carboxylic acids is 1. The summed E-state index contributed by atoms with van der Waals surface area (Å²) in [7, 11) is 0. The van der Waals surface area contributed by atoms with Gasteiger partial charge in [0, 0.05) is 6.54 Å². The lowest BCUT2D eigenvalue weighted by Gasteiger charge is -2.24. The summed E-state index contributed by atoms with van der Waals surface area (Å²) in [6.45, 7) is 2.67. The van der Waals surface area contributed by atoms with Gasteiger partial charge in [-0.2, -0.15) is 11.3 Å². The quantitative estimate of drug-likeness (QED) is 0.827. The third kappa shape index (κ3) is 1.86. The molecule has 1 atom stereocenters. The Morgan fingerprint density at radius 2 is 2.39 bits per heavy atom. The number of nitrogens with zero attached hydrogens (tertiary/aromatic N) is 1. The number of likely N-dealkylation sites (tertiary alicyclic amines) is 1. The van der Waals surface area contributed by atoms with Crippen LogP contribution in [0.1, 0.15) is 40.6 Å². The second-order valence-electron chi connectivity index (χ2n) is 4.60. The highest BCUT2D eigenvalue weighted by molar-refractivity contribution is 7.07. The van der Waals surface area contributed by atoms with Crippen LogP contribution < -0.4 is 0 Å². The minimum absolute atomic E-state index is 0.0925. The number of thiophene rings is 1. The van der Waals surface area contributed by atoms with E-state index in [1.807, 2.05) is 11.8 Å². The number of aryl methyl sites for hydroxylation is 1. The van der Waals surface area contributed by atoms with Crippen molar-refractivity contribution in [1.29, 1.82) is 0 Å². The van der Waals surface area contributed by atoms with E-state index < -0.39 is 0 Å². The highest BCUT2D eigenvalue weighted by Crippen LogP contribution is 2.34. The van der Waals surface area contributed by atoms with Gasteiger partial charge in [0.15, 0.2) is 0 Å². The minimum Gasteiger partial charge on any atom is -0.469 e. The van der Waals surface area contributed by atoms with Crippen molar-refractivity contribution in [1.82, 2.24) is 4.90 Å². The van der Waals surface area contributed by atoms with E-state index in [1.54, 1.807) is 23.7 Å². The van der Waals surface area contributed by atoms with Crippen molar-refractivity contribution in [3.8, 4) is 0 Å². The maximum Gasteiger partial charge on any atom is 0.257 e. The number of hydrogen-bond donors (Lipinski definition) is 0. The average Bonchev–Trinajstić information content (AvgIpc) is 3.09. The number of rotatable bonds is 2. The van der Waals surface area contributed by atoms with Gasteiger partial charge in [0.2, 0.25) is 0 Å². The predicted octanol–water partition coefficient (Wildman–Crippen LogP) is 3.63. The molecule has 2 aromatic rings. The summed E-state index contributed by atoms with van der Waals surface area (Å²) in [4.78, 5) is 14.5. The molecular formula is C14H15NO2S. The second kappa shape index (κ2) is 4.61. The van der Waals surface area contributed by atoms with E-state index in [-0.39, 0.29) is 11.9 Å². The molecule has 1 aliphatic heterocycles. The molecular weight excluding hydrogens is 246 g/mol. The van der Waals surface area contributed by atoms with Gasteiger partial charge in [-0.1, -0.05) is 0 Å². The van der Waals surface area contributed by atoms with Gasteiger partial charge < -0.3 is 9.32 Å². The zero-order valence-electron chi connectivity index (χ0n) is 10.3. The van der Waals surface area contributed by atoms with Crippen LogP contribution in [0.25, 0.3) is 0 Å². The number of hydrogen-bond acceptors (Lipinski definition) is 3. The molecule has 3 rings (SSSR count). The lowest BCUT2D eigenvalue weighted by atomic mass is 10.1. The van der Waals surface area contributed by atoms with Crippen molar-refractivity contribution >= 4 is 17.2 Å². The molecule has 18 heavy (non-hydrogen) atoms. The van der Waals surface area contributed by atoms with Gasteiger partial charge >= 0.3 is 0 Å². The number of furan rings is 1. The molecule has 2 aromatic heterocycles. The fourth-order valence-corrected chi connectivity index (χ4v) is 3.29. The van der Waals surface area contributed by atoms with Crippen molar-refractivity contribution in [3.63, 3.8) is 0 Å². The lowest BCUT2D eigenvalue weighted by Crippen LogP contribution is -2.30. The van der Waals surface area contributed by atoms with E-state index in [2.05, 4.69) is 16.8 Å². The Balaban J connectivity index is 1.88. The Labute approximate surface area is 110 Å². The standard InChI is InChI=1S/C14H15NO2S/c1-10-12(4-7-17-10)14(16)15-6-2-3-13(15)11-5-8-18-9-11/h4-5,7-9,13H,2-3,6H2,1H3/t13-/m0/s1. The van der Waals surface area contributed by atoms with Crippen LogP contribution in [-0.4, -0.2) is 17.4 Å². The summed E-state index contributed by atoms with van der Waals surface area (Å²) in [5.74, 6) is 0.797. The first-order valence-corrected chi connectivity index (χ1v) is 7.09. The largest absolute Gasteiger partial charge is 0.469 e. The highest BCUT2D eigenvalue weighted by atomic mass is 32.1. The van der Waals surface area contributed by atoms with E-state index in [9.17, 15) is 4.79 Å². The molecule has 0 spiro atoms. The molecule has 1 amide bonds. The van der Waals surface area contributed by atoms with Crippen molar-refractivity contribution in [2.24, 2.45) is 0 Å². The summed E-state index contributed by atoms with van der Waals surface area (Å²) in [6, 6.07) is 4.11. The molecule has 0 bridgehead atoms. The van der Waals surface area contributed by atoms with E-state index in [1.165, 1.54) is 5.56 Å². The summed E-state index contributed by atoms with van der Waals surface area (Å²) < 4.78 is 5.23. The molecule has 3 nitrogen and oxygen atoms in total. The van der Waals surface area contributed by atoms with Crippen LogP contribution in [-0.2, 0) is 0 Å². The lowest BCUT2D eigenvalue weighted by molar-refractivity contribution is 0.0734. The maximum atomic E-state index is 12.5. The fourth-order valence-electron chi connectivity index (χ4n) is 2.58. The van der Waals surface area contributed by atoms with Crippen LogP contribution >= 0.6 is 11.3 Å². The molecule has 0 saturated carbocycles. The SMILES string of the molecule is Cc1occc1C(=O)N1CCC[C@H]1c1ccsc1. The topological polar surface area (TPSA) is 33.5 Å². The Kier molecular flexibility index (Phi) is 2.96. The van der Waals surface area contributed by atoms with Crippen molar-refractivity contribution < 1.29 is 9.21 Å². The van der Waals surface area contributed by atoms with Gasteiger partial charge in [-0.15, -0.1) is 0 Å². The van der Waals surface area contributed by atoms with E-state index in [4.69, 9.17) is 4.42 Å². The molecule has 3 heterocycles. The first-order chi connectivity index (χ1) is 8.77. The summed E-state index contributed by atoms with van der Waals surface area (Å²) >= 11 is 1.68. The first kappa shape index (κ1) is 11.5. The van der Waals surface area contributed by atoms with Gasteiger partial charge in [0.25, 0.3) is 5.91 Å². The zero-order chi connectivity index (χ0) is 12.5. The average molecular weight is 261 g/mol. The van der Waals surface area contributed by atoms with E-state index in [0.717, 1.165) is 19.4 Å². The third-order valence-corrected chi connectivity index (χ3v) is 4.23. The van der Waals surface area contributed by atoms with Crippen LogP contribution in [0, 0.1) is 6.92 Å². The number of carbonyl (C=O) groups is 1. The Hall–Kier alpha value is -1.55. The van der Waals surface area contributed by atoms with Crippen molar-refractivity contribution in [2.45, 2.75) is 25.8 Å².